The molecule has 0 bridgehead atoms. The van der Waals surface area contributed by atoms with Crippen LogP contribution in [0.15, 0.2) is 58.8 Å². The normalized spacial score (nSPS) is 12.3. The first-order valence-corrected chi connectivity index (χ1v) is 10.4. The molecule has 0 saturated carbocycles. The Morgan fingerprint density at radius 1 is 1.27 bits per heavy atom. The molecule has 0 aliphatic rings. The zero-order chi connectivity index (χ0) is 24.5. The van der Waals surface area contributed by atoms with Crippen LogP contribution >= 0.6 is 0 Å². The molecule has 0 aliphatic heterocycles. The van der Waals surface area contributed by atoms with Gasteiger partial charge in [0.1, 0.15) is 6.04 Å². The number of nitrogens with two attached hydrogens (primary N) is 1. The highest BCUT2D eigenvalue weighted by atomic mass is 19.1. The van der Waals surface area contributed by atoms with E-state index in [-0.39, 0.29) is 5.83 Å². The quantitative estimate of drug-likeness (QED) is 0.426. The third-order valence-electron chi connectivity index (χ3n) is 4.76. The molecule has 176 valence electrons. The van der Waals surface area contributed by atoms with E-state index in [1.807, 2.05) is 44.2 Å². The molecule has 33 heavy (non-hydrogen) atoms. The van der Waals surface area contributed by atoms with Crippen LogP contribution in [0.2, 0.25) is 0 Å². The number of carbonyl (C=O) groups is 1. The molecular weight excluding hydrogens is 427 g/mol. The van der Waals surface area contributed by atoms with Gasteiger partial charge in [-0.2, -0.15) is 4.68 Å². The highest BCUT2D eigenvalue weighted by molar-refractivity contribution is 5.63. The lowest BCUT2D eigenvalue weighted by Crippen LogP contribution is -2.18. The number of carboxylic acid groups (broad SMARTS) is 1. The molecule has 1 atom stereocenters. The predicted molar refractivity (Wildman–Crippen MR) is 125 cm³/mol. The fraction of sp³-hybridized carbons (Fsp3) is 0.304. The maximum Gasteiger partial charge on any atom is 0.349 e. The first-order chi connectivity index (χ1) is 15.7. The second-order valence-electron chi connectivity index (χ2n) is 7.28. The molecule has 10 heteroatoms. The monoisotopic (exact) mass is 456 g/mol. The molecule has 0 saturated heterocycles. The minimum absolute atomic E-state index is 0.312. The van der Waals surface area contributed by atoms with Crippen molar-refractivity contribution in [3.05, 3.63) is 81.4 Å². The first-order valence-electron chi connectivity index (χ1n) is 10.4. The van der Waals surface area contributed by atoms with Crippen LogP contribution in [-0.4, -0.2) is 30.8 Å². The maximum atomic E-state index is 14.3. The van der Waals surface area contributed by atoms with Crippen molar-refractivity contribution < 1.29 is 14.3 Å². The average Bonchev–Trinajstić information content (AvgIpc) is 3.15. The molecule has 0 fully saturated rings. The number of nitrogens with one attached hydrogen (secondary N) is 2. The van der Waals surface area contributed by atoms with Gasteiger partial charge in [-0.15, -0.1) is 5.10 Å². The van der Waals surface area contributed by atoms with Crippen molar-refractivity contribution in [2.24, 2.45) is 5.73 Å². The predicted octanol–water partition coefficient (Wildman–Crippen LogP) is 3.62. The van der Waals surface area contributed by atoms with Gasteiger partial charge in [0.05, 0.1) is 5.83 Å². The minimum Gasteiger partial charge on any atom is -0.481 e. The molecule has 2 heterocycles. The molecule has 1 aromatic carbocycles. The summed E-state index contributed by atoms with van der Waals surface area (Å²) in [5.74, 6) is -0.394. The zero-order valence-corrected chi connectivity index (χ0v) is 19.1. The number of aliphatic carboxylic acids is 1. The number of aromatic nitrogens is 4. The molecule has 9 nitrogen and oxygen atoms in total. The van der Waals surface area contributed by atoms with Crippen LogP contribution < -0.4 is 16.7 Å². The fourth-order valence-electron chi connectivity index (χ4n) is 3.18. The minimum atomic E-state index is -0.833. The van der Waals surface area contributed by atoms with E-state index in [4.69, 9.17) is 15.6 Å². The molecule has 1 unspecified atom stereocenters. The van der Waals surface area contributed by atoms with Crippen molar-refractivity contribution in [1.29, 1.82) is 0 Å². The first kappa shape index (κ1) is 25.5. The Labute approximate surface area is 191 Å². The van der Waals surface area contributed by atoms with E-state index in [0.717, 1.165) is 23.7 Å². The molecule has 3 rings (SSSR count). The summed E-state index contributed by atoms with van der Waals surface area (Å²) >= 11 is 0. The lowest BCUT2D eigenvalue weighted by molar-refractivity contribution is -0.134. The van der Waals surface area contributed by atoms with Crippen molar-refractivity contribution >= 4 is 11.7 Å². The highest BCUT2D eigenvalue weighted by Crippen LogP contribution is 2.29. The maximum absolute atomic E-state index is 14.3. The SMILES string of the molecule is CC(=O)O.CC/C(=C(\C)F)C(Nc1ccc(CN)cc1)c1nn(-c2ncccc2C)c(=O)[nH]1. The van der Waals surface area contributed by atoms with E-state index in [0.29, 0.717) is 30.2 Å². The van der Waals surface area contributed by atoms with E-state index in [1.165, 1.54) is 11.6 Å². The van der Waals surface area contributed by atoms with Crippen LogP contribution in [0.3, 0.4) is 0 Å². The van der Waals surface area contributed by atoms with Gasteiger partial charge in [0.15, 0.2) is 11.6 Å². The Balaban J connectivity index is 0.000000890. The number of carboxylic acids is 1. The number of halogens is 1. The van der Waals surface area contributed by atoms with E-state index in [2.05, 4.69) is 20.4 Å². The van der Waals surface area contributed by atoms with E-state index >= 15 is 0 Å². The number of nitrogens with zero attached hydrogens (tertiary/aromatic N) is 3. The van der Waals surface area contributed by atoms with Crippen LogP contribution in [0.25, 0.3) is 5.82 Å². The standard InChI is InChI=1S/C21H25FN6O.C2H4O2/c1-4-17(14(3)22)18(25-16-9-7-15(12-23)8-10-16)19-26-21(29)28(27-19)20-13(2)6-5-11-24-20;1-2(3)4/h5-11,18,25H,4,12,23H2,1-3H3,(H,26,27,29);1H3,(H,3,4)/b17-14-;. The van der Waals surface area contributed by atoms with Gasteiger partial charge in [-0.1, -0.05) is 25.1 Å². The van der Waals surface area contributed by atoms with Crippen LogP contribution in [0, 0.1) is 6.92 Å². The van der Waals surface area contributed by atoms with Crippen LogP contribution in [0.4, 0.5) is 10.1 Å². The van der Waals surface area contributed by atoms with Gasteiger partial charge in [0.2, 0.25) is 0 Å². The van der Waals surface area contributed by atoms with E-state index in [9.17, 15) is 9.18 Å². The molecule has 0 spiro atoms. The Kier molecular flexibility index (Phi) is 9.05. The largest absolute Gasteiger partial charge is 0.481 e. The van der Waals surface area contributed by atoms with Crippen molar-refractivity contribution in [3.63, 3.8) is 0 Å². The fourth-order valence-corrected chi connectivity index (χ4v) is 3.18. The molecule has 5 N–H and O–H groups in total. The Morgan fingerprint density at radius 2 is 1.91 bits per heavy atom. The Bertz CT molecular complexity index is 1160. The van der Waals surface area contributed by atoms with Crippen LogP contribution in [0.5, 0.6) is 0 Å². The van der Waals surface area contributed by atoms with Gasteiger partial charge in [-0.25, -0.2) is 14.2 Å². The van der Waals surface area contributed by atoms with Crippen LogP contribution in [0.1, 0.15) is 50.2 Å². The molecule has 2 aromatic heterocycles. The van der Waals surface area contributed by atoms with Crippen molar-refractivity contribution in [2.75, 3.05) is 5.32 Å². The van der Waals surface area contributed by atoms with Gasteiger partial charge < -0.3 is 16.2 Å². The number of hydrogen-bond donors (Lipinski definition) is 4. The number of H-pyrrole nitrogens is 1. The Hall–Kier alpha value is -3.79. The second-order valence-corrected chi connectivity index (χ2v) is 7.28. The van der Waals surface area contributed by atoms with Gasteiger partial charge in [-0.05, 0) is 55.2 Å². The number of hydrogen-bond acceptors (Lipinski definition) is 6. The number of pyridine rings is 1. The summed E-state index contributed by atoms with van der Waals surface area (Å²) in [6.45, 7) is 6.64. The second kappa shape index (κ2) is 11.7. The van der Waals surface area contributed by atoms with Crippen molar-refractivity contribution in [2.45, 2.75) is 46.7 Å². The Morgan fingerprint density at radius 3 is 2.42 bits per heavy atom. The summed E-state index contributed by atoms with van der Waals surface area (Å²) in [5.41, 5.74) is 8.29. The highest BCUT2D eigenvalue weighted by Gasteiger charge is 2.24. The molecular formula is C23H29FN6O3. The van der Waals surface area contributed by atoms with Gasteiger partial charge in [0.25, 0.3) is 5.97 Å². The third-order valence-corrected chi connectivity index (χ3v) is 4.76. The summed E-state index contributed by atoms with van der Waals surface area (Å²) in [5, 5.41) is 15.1. The molecule has 0 aliphatic carbocycles. The number of rotatable bonds is 7. The summed E-state index contributed by atoms with van der Waals surface area (Å²) in [7, 11) is 0. The van der Waals surface area contributed by atoms with Gasteiger partial charge in [0, 0.05) is 25.4 Å². The smallest absolute Gasteiger partial charge is 0.349 e. The molecule has 3 aromatic rings. The van der Waals surface area contributed by atoms with Gasteiger partial charge in [-0.3, -0.25) is 9.78 Å². The summed E-state index contributed by atoms with van der Waals surface area (Å²) in [6.07, 6.45) is 2.05. The topological polar surface area (TPSA) is 139 Å². The number of anilines is 1. The summed E-state index contributed by atoms with van der Waals surface area (Å²) in [4.78, 5) is 28.6. The van der Waals surface area contributed by atoms with Crippen LogP contribution in [-0.2, 0) is 11.3 Å². The van der Waals surface area contributed by atoms with Crippen molar-refractivity contribution in [3.8, 4) is 5.82 Å². The number of allylic oxidation sites excluding steroid dienone is 1. The van der Waals surface area contributed by atoms with Gasteiger partial charge >= 0.3 is 5.69 Å². The number of aromatic amines is 1. The average molecular weight is 457 g/mol. The lowest BCUT2D eigenvalue weighted by atomic mass is 10.0. The van der Waals surface area contributed by atoms with E-state index in [1.54, 1.807) is 12.3 Å². The van der Waals surface area contributed by atoms with Crippen molar-refractivity contribution in [1.82, 2.24) is 19.7 Å². The molecule has 0 amide bonds. The lowest BCUT2D eigenvalue weighted by Gasteiger charge is -2.20. The summed E-state index contributed by atoms with van der Waals surface area (Å²) < 4.78 is 15.5. The van der Waals surface area contributed by atoms with E-state index < -0.39 is 17.7 Å². The number of aryl methyl sites for hydroxylation is 1. The number of benzene rings is 1. The summed E-state index contributed by atoms with van der Waals surface area (Å²) in [6, 6.07) is 10.5. The zero-order valence-electron chi connectivity index (χ0n) is 19.1. The molecule has 0 radical (unpaired) electrons. The third kappa shape index (κ3) is 6.84.